The molecule has 1 saturated carbocycles. The highest BCUT2D eigenvalue weighted by Crippen LogP contribution is 2.23. The zero-order valence-corrected chi connectivity index (χ0v) is 5.88. The fraction of sp³-hybridized carbons (Fsp3) is 0.714. The Hall–Kier alpha value is -0.700. The minimum atomic E-state index is -0.494. The summed E-state index contributed by atoms with van der Waals surface area (Å²) in [7, 11) is 0. The SMILES string of the molecule is NC1CCC(=C(O)O)CC1. The predicted molar refractivity (Wildman–Crippen MR) is 38.7 cm³/mol. The second-order valence-corrected chi connectivity index (χ2v) is 2.76. The number of aliphatic hydroxyl groups is 2. The van der Waals surface area contributed by atoms with Gasteiger partial charge in [-0.25, -0.2) is 0 Å². The van der Waals surface area contributed by atoms with E-state index in [-0.39, 0.29) is 6.04 Å². The minimum Gasteiger partial charge on any atom is -0.481 e. The third-order valence-electron chi connectivity index (χ3n) is 1.95. The van der Waals surface area contributed by atoms with Crippen LogP contribution in [0, 0.1) is 0 Å². The van der Waals surface area contributed by atoms with Gasteiger partial charge in [-0.05, 0) is 25.7 Å². The van der Waals surface area contributed by atoms with Crippen LogP contribution in [-0.4, -0.2) is 16.3 Å². The maximum absolute atomic E-state index is 8.66. The third-order valence-corrected chi connectivity index (χ3v) is 1.95. The van der Waals surface area contributed by atoms with Gasteiger partial charge in [0.1, 0.15) is 0 Å². The van der Waals surface area contributed by atoms with Crippen LogP contribution in [0.4, 0.5) is 0 Å². The number of hydrogen-bond donors (Lipinski definition) is 3. The molecule has 1 aliphatic carbocycles. The number of aliphatic hydroxyl groups excluding tert-OH is 1. The Morgan fingerprint density at radius 3 is 2.20 bits per heavy atom. The summed E-state index contributed by atoms with van der Waals surface area (Å²) in [6.07, 6.45) is 3.23. The maximum Gasteiger partial charge on any atom is 0.273 e. The van der Waals surface area contributed by atoms with E-state index in [0.29, 0.717) is 0 Å². The topological polar surface area (TPSA) is 66.5 Å². The summed E-state index contributed by atoms with van der Waals surface area (Å²) in [6.45, 7) is 0. The lowest BCUT2D eigenvalue weighted by atomic mass is 9.92. The Labute approximate surface area is 60.2 Å². The highest BCUT2D eigenvalue weighted by atomic mass is 16.5. The molecule has 1 fully saturated rings. The molecular formula is C7H13NO2. The summed E-state index contributed by atoms with van der Waals surface area (Å²) >= 11 is 0. The van der Waals surface area contributed by atoms with Crippen LogP contribution in [0.2, 0.25) is 0 Å². The Morgan fingerprint density at radius 1 is 1.30 bits per heavy atom. The third kappa shape index (κ3) is 1.64. The van der Waals surface area contributed by atoms with E-state index in [1.165, 1.54) is 0 Å². The van der Waals surface area contributed by atoms with E-state index >= 15 is 0 Å². The lowest BCUT2D eigenvalue weighted by Gasteiger charge is -2.19. The van der Waals surface area contributed by atoms with Crippen molar-refractivity contribution in [2.75, 3.05) is 0 Å². The summed E-state index contributed by atoms with van der Waals surface area (Å²) in [5.41, 5.74) is 6.36. The van der Waals surface area contributed by atoms with Crippen molar-refractivity contribution in [1.82, 2.24) is 0 Å². The average Bonchev–Trinajstić information content (AvgIpc) is 1.88. The summed E-state index contributed by atoms with van der Waals surface area (Å²) in [5.74, 6) is -0.494. The van der Waals surface area contributed by atoms with Crippen molar-refractivity contribution in [2.45, 2.75) is 31.7 Å². The Kier molecular flexibility index (Phi) is 2.17. The molecular weight excluding hydrogens is 130 g/mol. The molecule has 3 nitrogen and oxygen atoms in total. The van der Waals surface area contributed by atoms with Crippen molar-refractivity contribution in [3.8, 4) is 0 Å². The molecule has 0 heterocycles. The lowest BCUT2D eigenvalue weighted by Crippen LogP contribution is -2.23. The predicted octanol–water partition coefficient (Wildman–Crippen LogP) is 1.22. The first-order valence-electron chi connectivity index (χ1n) is 3.55. The average molecular weight is 143 g/mol. The quantitative estimate of drug-likeness (QED) is 0.446. The standard InChI is InChI=1S/C7H13NO2/c8-6-3-1-5(2-4-6)7(9)10/h6,9-10H,1-4,8H2. The molecule has 58 valence electrons. The van der Waals surface area contributed by atoms with Crippen LogP contribution in [0.15, 0.2) is 11.5 Å². The van der Waals surface area contributed by atoms with E-state index in [1.54, 1.807) is 0 Å². The molecule has 4 N–H and O–H groups in total. The highest BCUT2D eigenvalue weighted by molar-refractivity contribution is 5.05. The van der Waals surface area contributed by atoms with Crippen molar-refractivity contribution in [2.24, 2.45) is 5.73 Å². The molecule has 10 heavy (non-hydrogen) atoms. The van der Waals surface area contributed by atoms with Gasteiger partial charge in [0, 0.05) is 11.6 Å². The van der Waals surface area contributed by atoms with E-state index in [0.717, 1.165) is 31.3 Å². The van der Waals surface area contributed by atoms with Crippen molar-refractivity contribution in [1.29, 1.82) is 0 Å². The number of rotatable bonds is 0. The molecule has 0 spiro atoms. The molecule has 0 amide bonds. The van der Waals surface area contributed by atoms with Gasteiger partial charge >= 0.3 is 0 Å². The van der Waals surface area contributed by atoms with Gasteiger partial charge in [0.15, 0.2) is 0 Å². The van der Waals surface area contributed by atoms with Gasteiger partial charge in [-0.15, -0.1) is 0 Å². The lowest BCUT2D eigenvalue weighted by molar-refractivity contribution is 0.179. The van der Waals surface area contributed by atoms with Crippen LogP contribution in [0.5, 0.6) is 0 Å². The van der Waals surface area contributed by atoms with E-state index in [2.05, 4.69) is 0 Å². The van der Waals surface area contributed by atoms with Crippen LogP contribution in [0.3, 0.4) is 0 Å². The van der Waals surface area contributed by atoms with Gasteiger partial charge < -0.3 is 15.9 Å². The molecule has 0 radical (unpaired) electrons. The van der Waals surface area contributed by atoms with E-state index in [9.17, 15) is 0 Å². The van der Waals surface area contributed by atoms with Crippen molar-refractivity contribution in [3.05, 3.63) is 11.5 Å². The summed E-state index contributed by atoms with van der Waals surface area (Å²) in [6, 6.07) is 0.253. The Morgan fingerprint density at radius 2 is 1.80 bits per heavy atom. The summed E-state index contributed by atoms with van der Waals surface area (Å²) in [5, 5.41) is 17.3. The van der Waals surface area contributed by atoms with Gasteiger partial charge in [0.05, 0.1) is 0 Å². The van der Waals surface area contributed by atoms with Crippen LogP contribution in [0.1, 0.15) is 25.7 Å². The van der Waals surface area contributed by atoms with Crippen LogP contribution >= 0.6 is 0 Å². The van der Waals surface area contributed by atoms with Crippen LogP contribution in [0.25, 0.3) is 0 Å². The fourth-order valence-electron chi connectivity index (χ4n) is 1.21. The molecule has 0 atom stereocenters. The summed E-state index contributed by atoms with van der Waals surface area (Å²) in [4.78, 5) is 0. The fourth-order valence-corrected chi connectivity index (χ4v) is 1.21. The van der Waals surface area contributed by atoms with Crippen molar-refractivity contribution < 1.29 is 10.2 Å². The van der Waals surface area contributed by atoms with Gasteiger partial charge in [-0.3, -0.25) is 0 Å². The van der Waals surface area contributed by atoms with E-state index in [4.69, 9.17) is 15.9 Å². The van der Waals surface area contributed by atoms with Gasteiger partial charge in [0.25, 0.3) is 5.95 Å². The first-order chi connectivity index (χ1) is 4.70. The first-order valence-corrected chi connectivity index (χ1v) is 3.55. The molecule has 0 aromatic carbocycles. The van der Waals surface area contributed by atoms with Crippen LogP contribution in [-0.2, 0) is 0 Å². The second kappa shape index (κ2) is 2.92. The minimum absolute atomic E-state index is 0.253. The molecule has 0 aromatic rings. The van der Waals surface area contributed by atoms with Gasteiger partial charge in [-0.2, -0.15) is 0 Å². The number of allylic oxidation sites excluding steroid dienone is 1. The largest absolute Gasteiger partial charge is 0.481 e. The molecule has 3 heteroatoms. The molecule has 0 saturated heterocycles. The molecule has 1 rings (SSSR count). The molecule has 0 aromatic heterocycles. The smallest absolute Gasteiger partial charge is 0.273 e. The maximum atomic E-state index is 8.66. The first kappa shape index (κ1) is 7.41. The van der Waals surface area contributed by atoms with Crippen molar-refractivity contribution >= 4 is 0 Å². The normalized spacial score (nSPS) is 26.5. The molecule has 0 unspecified atom stereocenters. The van der Waals surface area contributed by atoms with Crippen LogP contribution < -0.4 is 5.73 Å². The van der Waals surface area contributed by atoms with E-state index < -0.39 is 5.95 Å². The number of hydrogen-bond acceptors (Lipinski definition) is 3. The van der Waals surface area contributed by atoms with E-state index in [1.807, 2.05) is 0 Å². The molecule has 1 aliphatic rings. The number of nitrogens with two attached hydrogens (primary N) is 1. The summed E-state index contributed by atoms with van der Waals surface area (Å²) < 4.78 is 0. The van der Waals surface area contributed by atoms with Crippen molar-refractivity contribution in [3.63, 3.8) is 0 Å². The van der Waals surface area contributed by atoms with Gasteiger partial charge in [0.2, 0.25) is 0 Å². The molecule has 0 bridgehead atoms. The van der Waals surface area contributed by atoms with Gasteiger partial charge in [-0.1, -0.05) is 0 Å². The Balaban J connectivity index is 2.48. The zero-order valence-electron chi connectivity index (χ0n) is 5.88. The highest BCUT2D eigenvalue weighted by Gasteiger charge is 2.15. The second-order valence-electron chi connectivity index (χ2n) is 2.76. The molecule has 0 aliphatic heterocycles. The zero-order chi connectivity index (χ0) is 7.56. The monoisotopic (exact) mass is 143 g/mol. The Bertz CT molecular complexity index is 140.